The van der Waals surface area contributed by atoms with Crippen molar-refractivity contribution in [2.45, 2.75) is 33.4 Å². The van der Waals surface area contributed by atoms with Crippen LogP contribution >= 0.6 is 0 Å². The van der Waals surface area contributed by atoms with Crippen LogP contribution in [-0.4, -0.2) is 34.0 Å². The van der Waals surface area contributed by atoms with E-state index in [4.69, 9.17) is 0 Å². The van der Waals surface area contributed by atoms with Gasteiger partial charge in [-0.05, 0) is 13.5 Å². The Hall–Kier alpha value is -1.43. The molecule has 0 aliphatic heterocycles. The van der Waals surface area contributed by atoms with E-state index in [1.807, 2.05) is 20.0 Å². The molecule has 0 aliphatic rings. The van der Waals surface area contributed by atoms with Crippen LogP contribution in [0.15, 0.2) is 6.20 Å². The fraction of sp³-hybridized carbons (Fsp3) is 0.700. The predicted molar refractivity (Wildman–Crippen MR) is 60.7 cm³/mol. The number of rotatable bonds is 7. The van der Waals surface area contributed by atoms with Crippen LogP contribution < -0.4 is 10.6 Å². The van der Waals surface area contributed by atoms with Gasteiger partial charge in [0.2, 0.25) is 5.91 Å². The van der Waals surface area contributed by atoms with Gasteiger partial charge in [0.25, 0.3) is 0 Å². The highest BCUT2D eigenvalue weighted by Crippen LogP contribution is 1.94. The lowest BCUT2D eigenvalue weighted by Crippen LogP contribution is -2.23. The summed E-state index contributed by atoms with van der Waals surface area (Å²) >= 11 is 0. The zero-order valence-corrected chi connectivity index (χ0v) is 9.86. The number of carbonyl (C=O) groups is 1. The lowest BCUT2D eigenvalue weighted by atomic mass is 10.4. The minimum Gasteiger partial charge on any atom is -0.356 e. The van der Waals surface area contributed by atoms with Crippen molar-refractivity contribution in [2.75, 3.05) is 13.1 Å². The third-order valence-corrected chi connectivity index (χ3v) is 2.08. The van der Waals surface area contributed by atoms with Crippen molar-refractivity contribution in [3.05, 3.63) is 11.9 Å². The molecule has 6 nitrogen and oxygen atoms in total. The van der Waals surface area contributed by atoms with Gasteiger partial charge in [-0.15, -0.1) is 5.10 Å². The first-order chi connectivity index (χ1) is 7.76. The molecule has 1 heterocycles. The summed E-state index contributed by atoms with van der Waals surface area (Å²) in [5.41, 5.74) is 0.901. The molecule has 0 unspecified atom stereocenters. The molecule has 0 saturated heterocycles. The topological polar surface area (TPSA) is 71.8 Å². The predicted octanol–water partition coefficient (Wildman–Crippen LogP) is -0.0862. The molecule has 0 saturated carbocycles. The van der Waals surface area contributed by atoms with Gasteiger partial charge in [0.15, 0.2) is 0 Å². The number of aryl methyl sites for hydroxylation is 1. The molecular formula is C10H19N5O. The minimum absolute atomic E-state index is 0.0474. The number of amides is 1. The van der Waals surface area contributed by atoms with Crippen molar-refractivity contribution in [1.82, 2.24) is 25.6 Å². The minimum atomic E-state index is 0.0474. The second-order valence-electron chi connectivity index (χ2n) is 3.46. The van der Waals surface area contributed by atoms with Crippen LogP contribution in [0, 0.1) is 0 Å². The summed E-state index contributed by atoms with van der Waals surface area (Å²) in [6.07, 6.45) is 2.31. The van der Waals surface area contributed by atoms with E-state index in [-0.39, 0.29) is 5.91 Å². The highest BCUT2D eigenvalue weighted by atomic mass is 16.1. The summed E-state index contributed by atoms with van der Waals surface area (Å²) in [5, 5.41) is 13.9. The first-order valence-electron chi connectivity index (χ1n) is 5.62. The Labute approximate surface area is 95.4 Å². The molecule has 0 atom stereocenters. The average Bonchev–Trinajstić information content (AvgIpc) is 2.72. The Morgan fingerprint density at radius 3 is 2.94 bits per heavy atom. The van der Waals surface area contributed by atoms with Gasteiger partial charge in [-0.1, -0.05) is 12.1 Å². The van der Waals surface area contributed by atoms with Crippen LogP contribution in [0.3, 0.4) is 0 Å². The van der Waals surface area contributed by atoms with E-state index >= 15 is 0 Å². The molecule has 0 fully saturated rings. The standard InChI is InChI=1S/C10H19N5O/c1-3-11-7-9-8-15(14-13-9)6-5-10(16)12-4-2/h8,11H,3-7H2,1-2H3,(H,12,16). The molecule has 0 radical (unpaired) electrons. The molecule has 6 heteroatoms. The first kappa shape index (κ1) is 12.6. The molecule has 0 spiro atoms. The molecule has 1 rings (SSSR count). The molecule has 1 amide bonds. The van der Waals surface area contributed by atoms with E-state index in [0.717, 1.165) is 18.8 Å². The maximum atomic E-state index is 11.2. The van der Waals surface area contributed by atoms with Gasteiger partial charge in [0, 0.05) is 25.7 Å². The van der Waals surface area contributed by atoms with E-state index in [2.05, 4.69) is 20.9 Å². The highest BCUT2D eigenvalue weighted by Gasteiger charge is 2.03. The van der Waals surface area contributed by atoms with Gasteiger partial charge < -0.3 is 10.6 Å². The van der Waals surface area contributed by atoms with Crippen LogP contribution in [0.5, 0.6) is 0 Å². The fourth-order valence-corrected chi connectivity index (χ4v) is 1.28. The lowest BCUT2D eigenvalue weighted by Gasteiger charge is -2.01. The summed E-state index contributed by atoms with van der Waals surface area (Å²) < 4.78 is 1.70. The highest BCUT2D eigenvalue weighted by molar-refractivity contribution is 5.75. The zero-order valence-electron chi connectivity index (χ0n) is 9.86. The first-order valence-corrected chi connectivity index (χ1v) is 5.62. The lowest BCUT2D eigenvalue weighted by molar-refractivity contribution is -0.121. The van der Waals surface area contributed by atoms with E-state index in [1.54, 1.807) is 4.68 Å². The second kappa shape index (κ2) is 6.95. The fourth-order valence-electron chi connectivity index (χ4n) is 1.28. The van der Waals surface area contributed by atoms with Gasteiger partial charge in [-0.3, -0.25) is 9.48 Å². The van der Waals surface area contributed by atoms with Crippen molar-refractivity contribution in [2.24, 2.45) is 0 Å². The van der Waals surface area contributed by atoms with E-state index < -0.39 is 0 Å². The number of nitrogens with zero attached hydrogens (tertiary/aromatic N) is 3. The van der Waals surface area contributed by atoms with Crippen LogP contribution in [-0.2, 0) is 17.9 Å². The van der Waals surface area contributed by atoms with E-state index in [1.165, 1.54) is 0 Å². The van der Waals surface area contributed by atoms with Crippen molar-refractivity contribution < 1.29 is 4.79 Å². The average molecular weight is 225 g/mol. The molecule has 90 valence electrons. The third kappa shape index (κ3) is 4.39. The van der Waals surface area contributed by atoms with Gasteiger partial charge in [0.05, 0.1) is 12.2 Å². The summed E-state index contributed by atoms with van der Waals surface area (Å²) in [6, 6.07) is 0. The summed E-state index contributed by atoms with van der Waals surface area (Å²) in [6.45, 7) is 6.82. The SMILES string of the molecule is CCNCc1cn(CCC(=O)NCC)nn1. The van der Waals surface area contributed by atoms with Crippen LogP contribution in [0.1, 0.15) is 26.0 Å². The van der Waals surface area contributed by atoms with Crippen molar-refractivity contribution >= 4 is 5.91 Å². The Kier molecular flexibility index (Phi) is 5.49. The van der Waals surface area contributed by atoms with Gasteiger partial charge in [-0.25, -0.2) is 0 Å². The number of carbonyl (C=O) groups excluding carboxylic acids is 1. The van der Waals surface area contributed by atoms with Crippen molar-refractivity contribution in [3.63, 3.8) is 0 Å². The number of nitrogens with one attached hydrogen (secondary N) is 2. The Bertz CT molecular complexity index is 323. The van der Waals surface area contributed by atoms with Crippen molar-refractivity contribution in [1.29, 1.82) is 0 Å². The monoisotopic (exact) mass is 225 g/mol. The van der Waals surface area contributed by atoms with Gasteiger partial charge >= 0.3 is 0 Å². The smallest absolute Gasteiger partial charge is 0.221 e. The molecule has 1 aromatic heterocycles. The van der Waals surface area contributed by atoms with Crippen LogP contribution in [0.25, 0.3) is 0 Å². The summed E-state index contributed by atoms with van der Waals surface area (Å²) in [5.74, 6) is 0.0474. The van der Waals surface area contributed by atoms with Crippen LogP contribution in [0.2, 0.25) is 0 Å². The second-order valence-corrected chi connectivity index (χ2v) is 3.46. The molecule has 2 N–H and O–H groups in total. The molecule has 0 aromatic carbocycles. The molecule has 0 bridgehead atoms. The largest absolute Gasteiger partial charge is 0.356 e. The quantitative estimate of drug-likeness (QED) is 0.680. The number of aromatic nitrogens is 3. The molecule has 16 heavy (non-hydrogen) atoms. The van der Waals surface area contributed by atoms with Crippen LogP contribution in [0.4, 0.5) is 0 Å². The Balaban J connectivity index is 2.31. The molecular weight excluding hydrogens is 206 g/mol. The maximum absolute atomic E-state index is 11.2. The molecule has 1 aromatic rings. The third-order valence-electron chi connectivity index (χ3n) is 2.08. The van der Waals surface area contributed by atoms with Gasteiger partial charge in [-0.2, -0.15) is 0 Å². The zero-order chi connectivity index (χ0) is 11.8. The Morgan fingerprint density at radius 2 is 2.25 bits per heavy atom. The number of hydrogen-bond donors (Lipinski definition) is 2. The van der Waals surface area contributed by atoms with Crippen molar-refractivity contribution in [3.8, 4) is 0 Å². The maximum Gasteiger partial charge on any atom is 0.221 e. The van der Waals surface area contributed by atoms with E-state index in [9.17, 15) is 4.79 Å². The van der Waals surface area contributed by atoms with Gasteiger partial charge in [0.1, 0.15) is 0 Å². The normalized spacial score (nSPS) is 10.4. The summed E-state index contributed by atoms with van der Waals surface area (Å²) in [4.78, 5) is 11.2. The van der Waals surface area contributed by atoms with E-state index in [0.29, 0.717) is 19.5 Å². The Morgan fingerprint density at radius 1 is 1.44 bits per heavy atom. The molecule has 0 aliphatic carbocycles. The number of hydrogen-bond acceptors (Lipinski definition) is 4. The summed E-state index contributed by atoms with van der Waals surface area (Å²) in [7, 11) is 0.